The second-order valence-corrected chi connectivity index (χ2v) is 6.37. The molecule has 4 nitrogen and oxygen atoms in total. The average molecular weight is 296 g/mol. The van der Waals surface area contributed by atoms with Crippen molar-refractivity contribution >= 4 is 0 Å². The van der Waals surface area contributed by atoms with Gasteiger partial charge in [0.1, 0.15) is 5.82 Å². The van der Waals surface area contributed by atoms with Crippen molar-refractivity contribution in [3.63, 3.8) is 0 Å². The molecule has 0 saturated carbocycles. The molecule has 2 unspecified atom stereocenters. The lowest BCUT2D eigenvalue weighted by Crippen LogP contribution is -2.54. The maximum absolute atomic E-state index is 13.2. The number of ether oxygens (including phenoxy) is 1. The summed E-state index contributed by atoms with van der Waals surface area (Å²) in [6.07, 6.45) is 0.594. The van der Waals surface area contributed by atoms with Crippen molar-refractivity contribution in [2.45, 2.75) is 38.0 Å². The lowest BCUT2D eigenvalue weighted by Gasteiger charge is -2.42. The van der Waals surface area contributed by atoms with Crippen LogP contribution in [0.2, 0.25) is 0 Å². The van der Waals surface area contributed by atoms with Crippen molar-refractivity contribution in [3.05, 3.63) is 35.6 Å². The van der Waals surface area contributed by atoms with Crippen LogP contribution in [0, 0.1) is 5.82 Å². The van der Waals surface area contributed by atoms with Crippen molar-refractivity contribution in [2.75, 3.05) is 26.2 Å². The molecule has 1 heterocycles. The van der Waals surface area contributed by atoms with E-state index in [-0.39, 0.29) is 30.2 Å². The number of nitrogens with zero attached hydrogens (tertiary/aromatic N) is 1. The van der Waals surface area contributed by atoms with Gasteiger partial charge in [0, 0.05) is 25.7 Å². The smallest absolute Gasteiger partial charge is 0.123 e. The molecule has 0 spiro atoms. The lowest BCUT2D eigenvalue weighted by molar-refractivity contribution is -0.149. The van der Waals surface area contributed by atoms with Crippen molar-refractivity contribution in [2.24, 2.45) is 5.73 Å². The first-order valence-electron chi connectivity index (χ1n) is 7.42. The molecule has 0 radical (unpaired) electrons. The van der Waals surface area contributed by atoms with E-state index in [4.69, 9.17) is 10.5 Å². The summed E-state index contributed by atoms with van der Waals surface area (Å²) < 4.78 is 19.0. The number of halogens is 1. The summed E-state index contributed by atoms with van der Waals surface area (Å²) >= 11 is 0. The van der Waals surface area contributed by atoms with Crippen LogP contribution in [-0.4, -0.2) is 48.0 Å². The Balaban J connectivity index is 1.90. The first-order chi connectivity index (χ1) is 9.89. The van der Waals surface area contributed by atoms with E-state index in [1.165, 1.54) is 12.1 Å². The lowest BCUT2D eigenvalue weighted by atomic mass is 10.0. The Morgan fingerprint density at radius 2 is 2.29 bits per heavy atom. The van der Waals surface area contributed by atoms with Gasteiger partial charge in [0.15, 0.2) is 0 Å². The number of hydrogen-bond donors (Lipinski definition) is 2. The van der Waals surface area contributed by atoms with Gasteiger partial charge in [-0.2, -0.15) is 0 Å². The van der Waals surface area contributed by atoms with Crippen molar-refractivity contribution in [1.82, 2.24) is 4.90 Å². The van der Waals surface area contributed by atoms with Crippen LogP contribution in [0.3, 0.4) is 0 Å². The van der Waals surface area contributed by atoms with Gasteiger partial charge in [-0.15, -0.1) is 0 Å². The van der Waals surface area contributed by atoms with Gasteiger partial charge in [-0.1, -0.05) is 12.1 Å². The molecule has 0 aromatic heterocycles. The largest absolute Gasteiger partial charge is 0.394 e. The van der Waals surface area contributed by atoms with E-state index in [2.05, 4.69) is 4.90 Å². The molecule has 1 saturated heterocycles. The number of benzene rings is 1. The number of rotatable bonds is 5. The molecule has 0 aliphatic carbocycles. The Kier molecular flexibility index (Phi) is 5.32. The average Bonchev–Trinajstić information content (AvgIpc) is 2.43. The minimum atomic E-state index is -0.269. The molecular weight excluding hydrogens is 271 g/mol. The highest BCUT2D eigenvalue weighted by Crippen LogP contribution is 2.22. The van der Waals surface area contributed by atoms with E-state index in [1.807, 2.05) is 19.9 Å². The quantitative estimate of drug-likeness (QED) is 0.868. The molecule has 2 rings (SSSR count). The van der Waals surface area contributed by atoms with Gasteiger partial charge < -0.3 is 15.6 Å². The summed E-state index contributed by atoms with van der Waals surface area (Å²) in [5.74, 6) is -0.254. The van der Waals surface area contributed by atoms with Crippen molar-refractivity contribution < 1.29 is 14.2 Å². The highest BCUT2D eigenvalue weighted by molar-refractivity contribution is 5.19. The first-order valence-corrected chi connectivity index (χ1v) is 7.42. The van der Waals surface area contributed by atoms with Gasteiger partial charge in [-0.05, 0) is 38.0 Å². The zero-order valence-corrected chi connectivity index (χ0v) is 12.8. The molecule has 1 aromatic rings. The maximum atomic E-state index is 13.2. The fraction of sp³-hybridized carbons (Fsp3) is 0.625. The van der Waals surface area contributed by atoms with Gasteiger partial charge in [0.05, 0.1) is 18.3 Å². The molecule has 118 valence electrons. The first kappa shape index (κ1) is 16.4. The Morgan fingerprint density at radius 3 is 2.95 bits per heavy atom. The summed E-state index contributed by atoms with van der Waals surface area (Å²) in [6.45, 7) is 6.38. The maximum Gasteiger partial charge on any atom is 0.123 e. The molecule has 0 bridgehead atoms. The van der Waals surface area contributed by atoms with Crippen LogP contribution in [0.5, 0.6) is 0 Å². The van der Waals surface area contributed by atoms with E-state index in [0.29, 0.717) is 6.54 Å². The molecule has 2 atom stereocenters. The molecule has 1 fully saturated rings. The molecular formula is C16H25FN2O2. The van der Waals surface area contributed by atoms with Crippen LogP contribution in [0.1, 0.15) is 31.9 Å². The summed E-state index contributed by atoms with van der Waals surface area (Å²) in [4.78, 5) is 2.25. The molecule has 1 aromatic carbocycles. The number of aliphatic hydroxyl groups is 1. The molecule has 1 aliphatic heterocycles. The minimum absolute atomic E-state index is 0.0237. The second kappa shape index (κ2) is 6.83. The van der Waals surface area contributed by atoms with E-state index in [9.17, 15) is 9.50 Å². The van der Waals surface area contributed by atoms with E-state index in [0.717, 1.165) is 25.1 Å². The number of hydrogen-bond acceptors (Lipinski definition) is 4. The summed E-state index contributed by atoms with van der Waals surface area (Å²) in [5.41, 5.74) is 6.69. The zero-order chi connectivity index (χ0) is 15.5. The third kappa shape index (κ3) is 4.74. The number of nitrogens with two attached hydrogens (primary N) is 1. The van der Waals surface area contributed by atoms with Crippen LogP contribution in [0.15, 0.2) is 24.3 Å². The Morgan fingerprint density at radius 1 is 1.52 bits per heavy atom. The Hall–Kier alpha value is -1.01. The van der Waals surface area contributed by atoms with Crippen LogP contribution < -0.4 is 5.73 Å². The summed E-state index contributed by atoms with van der Waals surface area (Å²) in [6, 6.07) is 6.27. The van der Waals surface area contributed by atoms with Gasteiger partial charge >= 0.3 is 0 Å². The standard InChI is InChI=1S/C16H25FN2O2/c1-16(2)11-19(9-14(10-20)21-16)7-6-15(18)12-4-3-5-13(17)8-12/h3-5,8,14-15,20H,6-7,9-11,18H2,1-2H3. The third-order valence-electron chi connectivity index (χ3n) is 3.79. The molecule has 1 aliphatic rings. The van der Waals surface area contributed by atoms with Crippen molar-refractivity contribution in [3.8, 4) is 0 Å². The fourth-order valence-corrected chi connectivity index (χ4v) is 2.91. The monoisotopic (exact) mass is 296 g/mol. The third-order valence-corrected chi connectivity index (χ3v) is 3.79. The molecule has 5 heteroatoms. The van der Waals surface area contributed by atoms with E-state index < -0.39 is 0 Å². The second-order valence-electron chi connectivity index (χ2n) is 6.37. The normalized spacial score (nSPS) is 24.0. The number of morpholine rings is 1. The fourth-order valence-electron chi connectivity index (χ4n) is 2.91. The molecule has 3 N–H and O–H groups in total. The van der Waals surface area contributed by atoms with Crippen molar-refractivity contribution in [1.29, 1.82) is 0 Å². The van der Waals surface area contributed by atoms with Crippen LogP contribution in [-0.2, 0) is 4.74 Å². The van der Waals surface area contributed by atoms with Gasteiger partial charge in [0.2, 0.25) is 0 Å². The predicted octanol–water partition coefficient (Wildman–Crippen LogP) is 1.69. The summed E-state index contributed by atoms with van der Waals surface area (Å²) in [5, 5.41) is 9.31. The highest BCUT2D eigenvalue weighted by Gasteiger charge is 2.32. The number of aliphatic hydroxyl groups excluding tert-OH is 1. The SMILES string of the molecule is CC1(C)CN(CCC(N)c2cccc(F)c2)CC(CO)O1. The van der Waals surface area contributed by atoms with Crippen LogP contribution >= 0.6 is 0 Å². The molecule has 0 amide bonds. The predicted molar refractivity (Wildman–Crippen MR) is 80.4 cm³/mol. The topological polar surface area (TPSA) is 58.7 Å². The Labute approximate surface area is 125 Å². The van der Waals surface area contributed by atoms with Gasteiger partial charge in [-0.3, -0.25) is 4.90 Å². The van der Waals surface area contributed by atoms with E-state index in [1.54, 1.807) is 6.07 Å². The molecule has 21 heavy (non-hydrogen) atoms. The minimum Gasteiger partial charge on any atom is -0.394 e. The highest BCUT2D eigenvalue weighted by atomic mass is 19.1. The van der Waals surface area contributed by atoms with Gasteiger partial charge in [0.25, 0.3) is 0 Å². The van der Waals surface area contributed by atoms with Crippen LogP contribution in [0.25, 0.3) is 0 Å². The van der Waals surface area contributed by atoms with E-state index >= 15 is 0 Å². The zero-order valence-electron chi connectivity index (χ0n) is 12.8. The van der Waals surface area contributed by atoms with Gasteiger partial charge in [-0.25, -0.2) is 4.39 Å². The summed E-state index contributed by atoms with van der Waals surface area (Å²) in [7, 11) is 0. The van der Waals surface area contributed by atoms with Crippen LogP contribution in [0.4, 0.5) is 4.39 Å². The Bertz CT molecular complexity index is 467.